The quantitative estimate of drug-likeness (QED) is 0.519. The Morgan fingerprint density at radius 3 is 2.11 bits per heavy atom. The average Bonchev–Trinajstić information content (AvgIpc) is 3.22. The number of nitrogens with one attached hydrogen (secondary N) is 1. The Balaban J connectivity index is 1.55. The Kier molecular flexibility index (Phi) is 4.80. The van der Waals surface area contributed by atoms with E-state index in [1.807, 2.05) is 30.3 Å². The van der Waals surface area contributed by atoms with Gasteiger partial charge >= 0.3 is 0 Å². The number of ether oxygens (including phenoxy) is 1. The van der Waals surface area contributed by atoms with Crippen LogP contribution in [-0.2, 0) is 5.54 Å². The average molecular weight is 466 g/mol. The lowest BCUT2D eigenvalue weighted by atomic mass is 9.74. The van der Waals surface area contributed by atoms with Crippen LogP contribution in [0.1, 0.15) is 65.6 Å². The number of benzene rings is 3. The van der Waals surface area contributed by atoms with E-state index in [9.17, 15) is 4.79 Å². The summed E-state index contributed by atoms with van der Waals surface area (Å²) in [6, 6.07) is 20.7. The summed E-state index contributed by atoms with van der Waals surface area (Å²) >= 11 is 0. The van der Waals surface area contributed by atoms with Crippen LogP contribution >= 0.6 is 0 Å². The van der Waals surface area contributed by atoms with Crippen molar-refractivity contribution in [3.05, 3.63) is 82.9 Å². The van der Waals surface area contributed by atoms with Gasteiger partial charge in [0, 0.05) is 37.3 Å². The van der Waals surface area contributed by atoms with E-state index >= 15 is 0 Å². The summed E-state index contributed by atoms with van der Waals surface area (Å²) in [5, 5.41) is 3.49. The van der Waals surface area contributed by atoms with Crippen molar-refractivity contribution in [3.8, 4) is 11.5 Å². The molecule has 1 spiro atoms. The van der Waals surface area contributed by atoms with Crippen LogP contribution in [-0.4, -0.2) is 32.1 Å². The Morgan fingerprint density at radius 1 is 0.686 bits per heavy atom. The molecule has 2 fully saturated rings. The summed E-state index contributed by atoms with van der Waals surface area (Å²) in [6.45, 7) is 4.22. The highest BCUT2D eigenvalue weighted by molar-refractivity contribution is 6.03. The van der Waals surface area contributed by atoms with Gasteiger partial charge in [-0.2, -0.15) is 0 Å². The fourth-order valence-electron chi connectivity index (χ4n) is 6.68. The minimum atomic E-state index is -0.767. The summed E-state index contributed by atoms with van der Waals surface area (Å²) in [5.74, 6) is 1.64. The van der Waals surface area contributed by atoms with Crippen molar-refractivity contribution in [3.63, 3.8) is 0 Å². The molecule has 0 aliphatic carbocycles. The molecule has 0 aromatic heterocycles. The number of hydrogen-bond acceptors (Lipinski definition) is 4. The normalized spacial score (nSPS) is 22.8. The molecule has 0 bridgehead atoms. The predicted octanol–water partition coefficient (Wildman–Crippen LogP) is 5.81. The molecule has 1 N–H and O–H groups in total. The van der Waals surface area contributed by atoms with Crippen molar-refractivity contribution < 1.29 is 9.53 Å². The molecule has 4 heterocycles. The van der Waals surface area contributed by atoms with Crippen LogP contribution in [0.2, 0.25) is 0 Å². The van der Waals surface area contributed by atoms with Crippen molar-refractivity contribution in [2.24, 2.45) is 0 Å². The highest BCUT2D eigenvalue weighted by Gasteiger charge is 2.53. The monoisotopic (exact) mass is 465 g/mol. The van der Waals surface area contributed by atoms with E-state index in [1.54, 1.807) is 0 Å². The number of amides is 1. The molecular weight excluding hydrogens is 434 g/mol. The molecule has 35 heavy (non-hydrogen) atoms. The fourth-order valence-corrected chi connectivity index (χ4v) is 6.68. The second kappa shape index (κ2) is 8.04. The van der Waals surface area contributed by atoms with Crippen LogP contribution in [0.3, 0.4) is 0 Å². The first-order chi connectivity index (χ1) is 17.3. The van der Waals surface area contributed by atoms with E-state index in [1.165, 1.54) is 49.9 Å². The third-order valence-corrected chi connectivity index (χ3v) is 8.25. The SMILES string of the molecule is O=C1NC2(c3ccccc3Oc3ccc(N4CCCCC4)c(N4CCCCC4)c32)c2ccccc21. The molecule has 1 unspecified atom stereocenters. The number of nitrogens with zero attached hydrogens (tertiary/aromatic N) is 2. The first kappa shape index (κ1) is 20.9. The van der Waals surface area contributed by atoms with Crippen molar-refractivity contribution in [1.29, 1.82) is 0 Å². The van der Waals surface area contributed by atoms with Crippen LogP contribution in [0.5, 0.6) is 11.5 Å². The summed E-state index contributed by atoms with van der Waals surface area (Å²) in [5.41, 5.74) is 5.65. The van der Waals surface area contributed by atoms with Gasteiger partial charge < -0.3 is 19.9 Å². The van der Waals surface area contributed by atoms with Gasteiger partial charge in [-0.25, -0.2) is 0 Å². The predicted molar refractivity (Wildman–Crippen MR) is 139 cm³/mol. The number of hydrogen-bond donors (Lipinski definition) is 1. The molecule has 3 aromatic rings. The molecular formula is C30H31N3O2. The van der Waals surface area contributed by atoms with Crippen LogP contribution in [0.15, 0.2) is 60.7 Å². The van der Waals surface area contributed by atoms with Crippen LogP contribution in [0.25, 0.3) is 0 Å². The first-order valence-corrected chi connectivity index (χ1v) is 13.1. The summed E-state index contributed by atoms with van der Waals surface area (Å²) in [7, 11) is 0. The lowest BCUT2D eigenvalue weighted by Gasteiger charge is -2.44. The first-order valence-electron chi connectivity index (χ1n) is 13.1. The van der Waals surface area contributed by atoms with Gasteiger partial charge in [0.05, 0.1) is 16.9 Å². The Labute approximate surface area is 206 Å². The molecule has 4 aliphatic heterocycles. The van der Waals surface area contributed by atoms with Gasteiger partial charge in [0.25, 0.3) is 5.91 Å². The van der Waals surface area contributed by atoms with E-state index in [-0.39, 0.29) is 5.91 Å². The lowest BCUT2D eigenvalue weighted by Crippen LogP contribution is -2.46. The molecule has 0 radical (unpaired) electrons. The van der Waals surface area contributed by atoms with Gasteiger partial charge in [0.2, 0.25) is 0 Å². The fraction of sp³-hybridized carbons (Fsp3) is 0.367. The van der Waals surface area contributed by atoms with Crippen molar-refractivity contribution in [2.45, 2.75) is 44.1 Å². The third-order valence-electron chi connectivity index (χ3n) is 8.25. The van der Waals surface area contributed by atoms with Crippen molar-refractivity contribution in [2.75, 3.05) is 36.0 Å². The summed E-state index contributed by atoms with van der Waals surface area (Å²) in [6.07, 6.45) is 7.40. The van der Waals surface area contributed by atoms with E-state index in [0.717, 1.165) is 59.9 Å². The molecule has 0 saturated carbocycles. The van der Waals surface area contributed by atoms with Crippen LogP contribution in [0.4, 0.5) is 11.4 Å². The van der Waals surface area contributed by atoms with Crippen molar-refractivity contribution in [1.82, 2.24) is 5.32 Å². The highest BCUT2D eigenvalue weighted by atomic mass is 16.5. The van der Waals surface area contributed by atoms with Crippen molar-refractivity contribution >= 4 is 17.3 Å². The second-order valence-corrected chi connectivity index (χ2v) is 10.2. The Bertz CT molecular complexity index is 1310. The molecule has 1 amide bonds. The molecule has 4 aliphatic rings. The van der Waals surface area contributed by atoms with E-state index in [2.05, 4.69) is 45.4 Å². The van der Waals surface area contributed by atoms with Crippen LogP contribution < -0.4 is 19.9 Å². The second-order valence-electron chi connectivity index (χ2n) is 10.2. The maximum Gasteiger partial charge on any atom is 0.252 e. The Morgan fingerprint density at radius 2 is 1.34 bits per heavy atom. The maximum atomic E-state index is 13.5. The van der Waals surface area contributed by atoms with E-state index < -0.39 is 5.54 Å². The van der Waals surface area contributed by atoms with Gasteiger partial charge in [-0.1, -0.05) is 36.4 Å². The Hall–Kier alpha value is -3.47. The van der Waals surface area contributed by atoms with Crippen LogP contribution in [0, 0.1) is 0 Å². The topological polar surface area (TPSA) is 44.8 Å². The van der Waals surface area contributed by atoms with Gasteiger partial charge in [-0.05, 0) is 68.4 Å². The van der Waals surface area contributed by atoms with E-state index in [4.69, 9.17) is 4.74 Å². The third kappa shape index (κ3) is 3.03. The molecule has 2 saturated heterocycles. The molecule has 7 rings (SSSR count). The largest absolute Gasteiger partial charge is 0.456 e. The highest BCUT2D eigenvalue weighted by Crippen LogP contribution is 2.58. The van der Waals surface area contributed by atoms with Gasteiger partial charge in [0.1, 0.15) is 17.0 Å². The molecule has 178 valence electrons. The summed E-state index contributed by atoms with van der Waals surface area (Å²) < 4.78 is 6.59. The number of para-hydroxylation sites is 1. The number of anilines is 2. The summed E-state index contributed by atoms with van der Waals surface area (Å²) in [4.78, 5) is 18.6. The number of piperidine rings is 2. The van der Waals surface area contributed by atoms with Gasteiger partial charge in [0.15, 0.2) is 0 Å². The zero-order valence-electron chi connectivity index (χ0n) is 20.1. The number of fused-ring (bicyclic) bond motifs is 6. The lowest BCUT2D eigenvalue weighted by molar-refractivity contribution is 0.0947. The van der Waals surface area contributed by atoms with E-state index in [0.29, 0.717) is 0 Å². The maximum absolute atomic E-state index is 13.5. The minimum Gasteiger partial charge on any atom is -0.456 e. The molecule has 1 atom stereocenters. The number of carbonyl (C=O) groups is 1. The molecule has 5 nitrogen and oxygen atoms in total. The van der Waals surface area contributed by atoms with Gasteiger partial charge in [-0.15, -0.1) is 0 Å². The molecule has 3 aromatic carbocycles. The number of carbonyl (C=O) groups excluding carboxylic acids is 1. The molecule has 5 heteroatoms. The zero-order chi connectivity index (χ0) is 23.4. The number of rotatable bonds is 2. The smallest absolute Gasteiger partial charge is 0.252 e. The van der Waals surface area contributed by atoms with Gasteiger partial charge in [-0.3, -0.25) is 4.79 Å². The standard InChI is InChI=1S/C30H31N3O2/c34-29-21-11-3-4-12-22(21)30(31-29)23-13-5-6-14-25(23)35-26-16-15-24(32-17-7-1-8-18-32)28(27(26)30)33-19-9-2-10-20-33/h3-6,11-16H,1-2,7-10,17-20H2,(H,31,34). The zero-order valence-corrected chi connectivity index (χ0v) is 20.1. The minimum absolute atomic E-state index is 0.0174.